The van der Waals surface area contributed by atoms with Crippen LogP contribution in [0, 0.1) is 0 Å². The molecule has 0 saturated carbocycles. The highest BCUT2D eigenvalue weighted by Gasteiger charge is 2.17. The molecule has 1 aliphatic rings. The summed E-state index contributed by atoms with van der Waals surface area (Å²) in [6.45, 7) is 0. The Morgan fingerprint density at radius 3 is 2.79 bits per heavy atom. The normalized spacial score (nSPS) is 15.7. The van der Waals surface area contributed by atoms with Crippen molar-refractivity contribution < 1.29 is 0 Å². The second-order valence-corrected chi connectivity index (χ2v) is 4.02. The molecule has 1 aromatic heterocycles. The molecule has 3 rings (SSSR count). The van der Waals surface area contributed by atoms with Gasteiger partial charge in [0.05, 0.1) is 5.52 Å². The van der Waals surface area contributed by atoms with Crippen LogP contribution in [0.3, 0.4) is 0 Å². The molecule has 2 heteroatoms. The fraction of sp³-hybridized carbons (Fsp3) is 0.333. The van der Waals surface area contributed by atoms with Gasteiger partial charge in [0.1, 0.15) is 0 Å². The molecule has 0 atom stereocenters. The third-order valence-electron chi connectivity index (χ3n) is 3.22. The van der Waals surface area contributed by atoms with Crippen molar-refractivity contribution in [2.75, 3.05) is 5.84 Å². The molecule has 2 nitrogen and oxygen atoms in total. The Labute approximate surface area is 83.3 Å². The zero-order chi connectivity index (χ0) is 9.54. The number of nitrogens with zero attached hydrogens (tertiary/aromatic N) is 1. The zero-order valence-electron chi connectivity index (χ0n) is 8.16. The second kappa shape index (κ2) is 2.77. The van der Waals surface area contributed by atoms with Gasteiger partial charge in [0.15, 0.2) is 0 Å². The predicted molar refractivity (Wildman–Crippen MR) is 58.7 cm³/mol. The molecular formula is C12H14N2. The summed E-state index contributed by atoms with van der Waals surface area (Å²) in [5, 5.41) is 1.35. The van der Waals surface area contributed by atoms with Crippen LogP contribution in [0.2, 0.25) is 0 Å². The van der Waals surface area contributed by atoms with Crippen molar-refractivity contribution in [2.24, 2.45) is 0 Å². The summed E-state index contributed by atoms with van der Waals surface area (Å²) in [6.07, 6.45) is 4.92. The van der Waals surface area contributed by atoms with Crippen LogP contribution in [0.15, 0.2) is 24.3 Å². The Morgan fingerprint density at radius 2 is 1.86 bits per heavy atom. The third kappa shape index (κ3) is 0.910. The first kappa shape index (κ1) is 7.92. The van der Waals surface area contributed by atoms with Crippen LogP contribution in [0.25, 0.3) is 10.9 Å². The molecule has 1 heterocycles. The Kier molecular flexibility index (Phi) is 1.57. The van der Waals surface area contributed by atoms with E-state index < -0.39 is 0 Å². The van der Waals surface area contributed by atoms with Crippen molar-refractivity contribution in [3.63, 3.8) is 0 Å². The Morgan fingerprint density at radius 1 is 1.07 bits per heavy atom. The average molecular weight is 186 g/mol. The molecule has 0 aliphatic heterocycles. The van der Waals surface area contributed by atoms with Crippen LogP contribution in [0.1, 0.15) is 24.1 Å². The van der Waals surface area contributed by atoms with E-state index in [0.29, 0.717) is 0 Å². The van der Waals surface area contributed by atoms with Crippen LogP contribution < -0.4 is 5.84 Å². The van der Waals surface area contributed by atoms with Crippen molar-refractivity contribution in [3.8, 4) is 0 Å². The lowest BCUT2D eigenvalue weighted by Gasteiger charge is -2.12. The van der Waals surface area contributed by atoms with E-state index >= 15 is 0 Å². The number of fused-ring (bicyclic) bond motifs is 3. The van der Waals surface area contributed by atoms with Crippen LogP contribution >= 0.6 is 0 Å². The fourth-order valence-corrected chi connectivity index (χ4v) is 2.53. The van der Waals surface area contributed by atoms with Gasteiger partial charge in [-0.1, -0.05) is 18.2 Å². The minimum Gasteiger partial charge on any atom is -0.339 e. The van der Waals surface area contributed by atoms with Gasteiger partial charge in [0, 0.05) is 11.1 Å². The van der Waals surface area contributed by atoms with Gasteiger partial charge in [-0.05, 0) is 37.3 Å². The first-order chi connectivity index (χ1) is 6.88. The largest absolute Gasteiger partial charge is 0.339 e. The maximum Gasteiger partial charge on any atom is 0.0696 e. The number of hydrogen-bond donors (Lipinski definition) is 1. The Hall–Kier alpha value is -1.44. The lowest BCUT2D eigenvalue weighted by atomic mass is 9.96. The first-order valence-electron chi connectivity index (χ1n) is 5.24. The van der Waals surface area contributed by atoms with E-state index in [1.807, 2.05) is 4.68 Å². The van der Waals surface area contributed by atoms with E-state index in [4.69, 9.17) is 5.84 Å². The number of benzene rings is 1. The maximum absolute atomic E-state index is 6.08. The molecule has 1 aromatic carbocycles. The van der Waals surface area contributed by atoms with Gasteiger partial charge in [-0.3, -0.25) is 4.68 Å². The standard InChI is InChI=1S/C12H14N2/c13-14-11-7-3-1-5-9(11)10-6-2-4-8-12(10)14/h1,3,5,7H,2,4,6,8,13H2. The highest BCUT2D eigenvalue weighted by atomic mass is 15.3. The topological polar surface area (TPSA) is 30.9 Å². The van der Waals surface area contributed by atoms with Crippen LogP contribution in [-0.4, -0.2) is 4.68 Å². The number of rotatable bonds is 0. The minimum atomic E-state index is 1.14. The monoisotopic (exact) mass is 186 g/mol. The average Bonchev–Trinajstić information content (AvgIpc) is 2.55. The minimum absolute atomic E-state index is 1.14. The molecule has 0 spiro atoms. The highest BCUT2D eigenvalue weighted by molar-refractivity contribution is 5.85. The smallest absolute Gasteiger partial charge is 0.0696 e. The summed E-state index contributed by atoms with van der Waals surface area (Å²) in [5.41, 5.74) is 4.01. The van der Waals surface area contributed by atoms with E-state index in [-0.39, 0.29) is 0 Å². The van der Waals surface area contributed by atoms with E-state index in [2.05, 4.69) is 24.3 Å². The van der Waals surface area contributed by atoms with Crippen molar-refractivity contribution in [1.29, 1.82) is 0 Å². The molecule has 2 aromatic rings. The SMILES string of the molecule is Nn1c2c(c3ccccc31)CCCC2. The van der Waals surface area contributed by atoms with Gasteiger partial charge >= 0.3 is 0 Å². The summed E-state index contributed by atoms with van der Waals surface area (Å²) < 4.78 is 1.88. The van der Waals surface area contributed by atoms with Crippen molar-refractivity contribution in [3.05, 3.63) is 35.5 Å². The van der Waals surface area contributed by atoms with Gasteiger partial charge in [-0.15, -0.1) is 0 Å². The number of nitrogen functional groups attached to an aromatic ring is 1. The van der Waals surface area contributed by atoms with Crippen LogP contribution in [0.4, 0.5) is 0 Å². The molecule has 0 fully saturated rings. The van der Waals surface area contributed by atoms with Gasteiger partial charge in [-0.25, -0.2) is 0 Å². The van der Waals surface area contributed by atoms with Gasteiger partial charge in [0.2, 0.25) is 0 Å². The number of aryl methyl sites for hydroxylation is 1. The second-order valence-electron chi connectivity index (χ2n) is 4.02. The van der Waals surface area contributed by atoms with Crippen LogP contribution in [0.5, 0.6) is 0 Å². The summed E-state index contributed by atoms with van der Waals surface area (Å²) >= 11 is 0. The molecular weight excluding hydrogens is 172 g/mol. The number of nitrogens with two attached hydrogens (primary N) is 1. The molecule has 0 amide bonds. The molecule has 2 N–H and O–H groups in total. The highest BCUT2D eigenvalue weighted by Crippen LogP contribution is 2.30. The molecule has 0 unspecified atom stereocenters. The molecule has 1 aliphatic carbocycles. The van der Waals surface area contributed by atoms with Gasteiger partial charge in [0.25, 0.3) is 0 Å². The summed E-state index contributed by atoms with van der Waals surface area (Å²) in [7, 11) is 0. The van der Waals surface area contributed by atoms with Gasteiger partial charge < -0.3 is 5.84 Å². The Bertz CT molecular complexity index is 482. The zero-order valence-corrected chi connectivity index (χ0v) is 8.16. The molecule has 72 valence electrons. The third-order valence-corrected chi connectivity index (χ3v) is 3.22. The summed E-state index contributed by atoms with van der Waals surface area (Å²) in [6, 6.07) is 8.44. The molecule has 14 heavy (non-hydrogen) atoms. The van der Waals surface area contributed by atoms with Crippen molar-refractivity contribution >= 4 is 10.9 Å². The Balaban J connectivity index is 2.41. The van der Waals surface area contributed by atoms with Gasteiger partial charge in [-0.2, -0.15) is 0 Å². The fourth-order valence-electron chi connectivity index (χ4n) is 2.53. The predicted octanol–water partition coefficient (Wildman–Crippen LogP) is 2.23. The lowest BCUT2D eigenvalue weighted by Crippen LogP contribution is -2.14. The van der Waals surface area contributed by atoms with E-state index in [9.17, 15) is 0 Å². The molecule has 0 radical (unpaired) electrons. The van der Waals surface area contributed by atoms with E-state index in [0.717, 1.165) is 6.42 Å². The van der Waals surface area contributed by atoms with Crippen LogP contribution in [-0.2, 0) is 12.8 Å². The summed E-state index contributed by atoms with van der Waals surface area (Å²) in [5.74, 6) is 6.08. The lowest BCUT2D eigenvalue weighted by molar-refractivity contribution is 0.661. The van der Waals surface area contributed by atoms with E-state index in [1.54, 1.807) is 0 Å². The number of hydrogen-bond acceptors (Lipinski definition) is 1. The molecule has 0 saturated heterocycles. The molecule has 0 bridgehead atoms. The first-order valence-corrected chi connectivity index (χ1v) is 5.24. The summed E-state index contributed by atoms with van der Waals surface area (Å²) in [4.78, 5) is 0. The van der Waals surface area contributed by atoms with E-state index in [1.165, 1.54) is 41.4 Å². The number of aromatic nitrogens is 1. The van der Waals surface area contributed by atoms with Crippen molar-refractivity contribution in [1.82, 2.24) is 4.68 Å². The maximum atomic E-state index is 6.08. The van der Waals surface area contributed by atoms with Crippen molar-refractivity contribution in [2.45, 2.75) is 25.7 Å². The quantitative estimate of drug-likeness (QED) is 0.628. The number of para-hydroxylation sites is 1.